The summed E-state index contributed by atoms with van der Waals surface area (Å²) in [6.07, 6.45) is 1.69. The van der Waals surface area contributed by atoms with Crippen LogP contribution in [-0.4, -0.2) is 22.7 Å². The van der Waals surface area contributed by atoms with Gasteiger partial charge in [-0.3, -0.25) is 4.79 Å². The van der Waals surface area contributed by atoms with Crippen LogP contribution in [-0.2, 0) is 4.79 Å². The zero-order chi connectivity index (χ0) is 22.1. The Morgan fingerprint density at radius 3 is 2.44 bits per heavy atom. The molecule has 0 fully saturated rings. The van der Waals surface area contributed by atoms with Gasteiger partial charge in [0.25, 0.3) is 5.91 Å². The van der Waals surface area contributed by atoms with Gasteiger partial charge in [0.05, 0.1) is 21.7 Å². The van der Waals surface area contributed by atoms with Crippen molar-refractivity contribution in [1.82, 2.24) is 0 Å². The first-order valence-electron chi connectivity index (χ1n) is 9.78. The number of carbonyl (C=O) groups is 2. The monoisotopic (exact) mass is 440 g/mol. The minimum atomic E-state index is -0.982. The molecule has 0 saturated heterocycles. The second-order valence-electron chi connectivity index (χ2n) is 7.02. The minimum absolute atomic E-state index is 0.206. The van der Waals surface area contributed by atoms with Gasteiger partial charge in [0, 0.05) is 5.56 Å². The van der Waals surface area contributed by atoms with Crippen molar-refractivity contribution in [2.75, 3.05) is 5.01 Å². The molecule has 7 heteroatoms. The van der Waals surface area contributed by atoms with E-state index in [-0.39, 0.29) is 11.5 Å². The van der Waals surface area contributed by atoms with Crippen molar-refractivity contribution < 1.29 is 19.1 Å². The zero-order valence-electron chi connectivity index (χ0n) is 16.6. The lowest BCUT2D eigenvalue weighted by atomic mass is 10.1. The number of hydrogen-bond donors (Lipinski definition) is 1. The van der Waals surface area contributed by atoms with E-state index in [0.29, 0.717) is 28.5 Å². The Bertz CT molecular complexity index is 1350. The standard InChI is InChI=1S/C25H16N2O4S/c28-24-20(15-19-12-13-21(31-19)16-8-10-17(11-9-16)25(29)30)23(22-7-4-14-32-22)26-27(24)18-5-2-1-3-6-18/h1-15H,(H,29,30). The molecule has 0 bridgehead atoms. The number of rotatable bonds is 5. The van der Waals surface area contributed by atoms with E-state index >= 15 is 0 Å². The molecule has 1 N–H and O–H groups in total. The van der Waals surface area contributed by atoms with E-state index in [2.05, 4.69) is 5.10 Å². The number of anilines is 1. The molecule has 4 aromatic rings. The lowest BCUT2D eigenvalue weighted by Crippen LogP contribution is -2.21. The highest BCUT2D eigenvalue weighted by atomic mass is 32.1. The molecule has 2 aromatic heterocycles. The summed E-state index contributed by atoms with van der Waals surface area (Å²) in [5, 5.41) is 17.0. The predicted molar refractivity (Wildman–Crippen MR) is 124 cm³/mol. The number of amides is 1. The first-order valence-corrected chi connectivity index (χ1v) is 10.7. The molecular weight excluding hydrogens is 424 g/mol. The molecule has 0 unspecified atom stereocenters. The van der Waals surface area contributed by atoms with Gasteiger partial charge in [0.1, 0.15) is 17.2 Å². The molecule has 3 heterocycles. The Morgan fingerprint density at radius 2 is 1.75 bits per heavy atom. The fraction of sp³-hybridized carbons (Fsp3) is 0. The Labute approximate surface area is 187 Å². The average molecular weight is 440 g/mol. The Balaban J connectivity index is 1.50. The maximum Gasteiger partial charge on any atom is 0.335 e. The number of carboxylic acids is 1. The van der Waals surface area contributed by atoms with E-state index in [1.54, 1.807) is 30.3 Å². The Hall–Kier alpha value is -4.23. The normalized spacial score (nSPS) is 14.8. The van der Waals surface area contributed by atoms with Crippen LogP contribution < -0.4 is 5.01 Å². The van der Waals surface area contributed by atoms with Crippen LogP contribution in [0.3, 0.4) is 0 Å². The molecule has 0 atom stereocenters. The van der Waals surface area contributed by atoms with Crippen molar-refractivity contribution in [3.05, 3.63) is 106 Å². The average Bonchev–Trinajstić information content (AvgIpc) is 3.57. The summed E-state index contributed by atoms with van der Waals surface area (Å²) >= 11 is 1.51. The Morgan fingerprint density at radius 1 is 0.969 bits per heavy atom. The number of para-hydroxylation sites is 1. The molecule has 156 valence electrons. The van der Waals surface area contributed by atoms with Crippen LogP contribution in [0.25, 0.3) is 17.4 Å². The van der Waals surface area contributed by atoms with Crippen molar-refractivity contribution in [3.63, 3.8) is 0 Å². The highest BCUT2D eigenvalue weighted by Gasteiger charge is 2.32. The number of furan rings is 1. The number of carbonyl (C=O) groups excluding carboxylic acids is 1. The van der Waals surface area contributed by atoms with Crippen molar-refractivity contribution >= 4 is 40.7 Å². The third kappa shape index (κ3) is 3.66. The molecule has 6 nitrogen and oxygen atoms in total. The van der Waals surface area contributed by atoms with Crippen LogP contribution in [0.15, 0.2) is 99.3 Å². The van der Waals surface area contributed by atoms with E-state index in [9.17, 15) is 9.59 Å². The molecule has 0 spiro atoms. The fourth-order valence-corrected chi connectivity index (χ4v) is 4.11. The number of carboxylic acid groups (broad SMARTS) is 1. The van der Waals surface area contributed by atoms with Crippen LogP contribution in [0.4, 0.5) is 5.69 Å². The summed E-state index contributed by atoms with van der Waals surface area (Å²) in [7, 11) is 0. The molecule has 1 aliphatic heterocycles. The van der Waals surface area contributed by atoms with Crippen molar-refractivity contribution in [2.24, 2.45) is 5.10 Å². The predicted octanol–water partition coefficient (Wildman–Crippen LogP) is 5.54. The lowest BCUT2D eigenvalue weighted by Gasteiger charge is -2.10. The van der Waals surface area contributed by atoms with Crippen LogP contribution in [0.5, 0.6) is 0 Å². The van der Waals surface area contributed by atoms with Gasteiger partial charge in [0.2, 0.25) is 0 Å². The molecule has 5 rings (SSSR count). The van der Waals surface area contributed by atoms with Gasteiger partial charge in [-0.25, -0.2) is 4.79 Å². The molecule has 0 radical (unpaired) electrons. The second-order valence-corrected chi connectivity index (χ2v) is 7.97. The lowest BCUT2D eigenvalue weighted by molar-refractivity contribution is -0.114. The first-order chi connectivity index (χ1) is 15.6. The summed E-state index contributed by atoms with van der Waals surface area (Å²) in [5.41, 5.74) is 2.68. The number of hydrazone groups is 1. The van der Waals surface area contributed by atoms with E-state index in [1.807, 2.05) is 47.8 Å². The highest BCUT2D eigenvalue weighted by Crippen LogP contribution is 2.30. The van der Waals surface area contributed by atoms with E-state index < -0.39 is 5.97 Å². The SMILES string of the molecule is O=C(O)c1ccc(-c2ccc(C=C3C(=O)N(c4ccccc4)N=C3c3cccs3)o2)cc1. The largest absolute Gasteiger partial charge is 0.478 e. The highest BCUT2D eigenvalue weighted by molar-refractivity contribution is 7.12. The van der Waals surface area contributed by atoms with Gasteiger partial charge < -0.3 is 9.52 Å². The molecule has 32 heavy (non-hydrogen) atoms. The van der Waals surface area contributed by atoms with Gasteiger partial charge in [-0.15, -0.1) is 11.3 Å². The summed E-state index contributed by atoms with van der Waals surface area (Å²) in [6.45, 7) is 0. The summed E-state index contributed by atoms with van der Waals surface area (Å²) < 4.78 is 5.94. The topological polar surface area (TPSA) is 83.1 Å². The second kappa shape index (κ2) is 8.13. The van der Waals surface area contributed by atoms with Crippen molar-refractivity contribution in [1.29, 1.82) is 0 Å². The number of thiophene rings is 1. The molecular formula is C25H16N2O4S. The molecule has 2 aromatic carbocycles. The number of aromatic carboxylic acids is 1. The fourth-order valence-electron chi connectivity index (χ4n) is 3.39. The van der Waals surface area contributed by atoms with Crippen molar-refractivity contribution in [3.8, 4) is 11.3 Å². The van der Waals surface area contributed by atoms with Crippen LogP contribution in [0.1, 0.15) is 21.0 Å². The zero-order valence-corrected chi connectivity index (χ0v) is 17.5. The van der Waals surface area contributed by atoms with Gasteiger partial charge in [-0.05, 0) is 53.9 Å². The molecule has 0 aliphatic carbocycles. The third-order valence-electron chi connectivity index (χ3n) is 4.96. The van der Waals surface area contributed by atoms with E-state index in [4.69, 9.17) is 9.52 Å². The van der Waals surface area contributed by atoms with Crippen LogP contribution in [0, 0.1) is 0 Å². The first kappa shape index (κ1) is 19.7. The summed E-state index contributed by atoms with van der Waals surface area (Å²) in [5.74, 6) is -0.133. The maximum absolute atomic E-state index is 13.2. The third-order valence-corrected chi connectivity index (χ3v) is 5.84. The van der Waals surface area contributed by atoms with Crippen LogP contribution >= 0.6 is 11.3 Å². The summed E-state index contributed by atoms with van der Waals surface area (Å²) in [4.78, 5) is 25.2. The molecule has 1 aliphatic rings. The maximum atomic E-state index is 13.2. The van der Waals surface area contributed by atoms with Gasteiger partial charge in [0.15, 0.2) is 0 Å². The van der Waals surface area contributed by atoms with Crippen molar-refractivity contribution in [2.45, 2.75) is 0 Å². The quantitative estimate of drug-likeness (QED) is 0.413. The van der Waals surface area contributed by atoms with Gasteiger partial charge >= 0.3 is 5.97 Å². The van der Waals surface area contributed by atoms with Crippen LogP contribution in [0.2, 0.25) is 0 Å². The smallest absolute Gasteiger partial charge is 0.335 e. The Kier molecular flexibility index (Phi) is 5.01. The summed E-state index contributed by atoms with van der Waals surface area (Å²) in [6, 6.07) is 23.1. The van der Waals surface area contributed by atoms with E-state index in [0.717, 1.165) is 10.4 Å². The number of nitrogens with zero attached hydrogens (tertiary/aromatic N) is 2. The molecule has 0 saturated carbocycles. The van der Waals surface area contributed by atoms with Gasteiger partial charge in [-0.2, -0.15) is 10.1 Å². The number of benzene rings is 2. The van der Waals surface area contributed by atoms with E-state index in [1.165, 1.54) is 28.5 Å². The minimum Gasteiger partial charge on any atom is -0.478 e. The van der Waals surface area contributed by atoms with Gasteiger partial charge in [-0.1, -0.05) is 36.4 Å². The number of hydrogen-bond acceptors (Lipinski definition) is 5. The molecule has 1 amide bonds.